The van der Waals surface area contributed by atoms with Crippen LogP contribution in [0.1, 0.15) is 74.6 Å². The molecule has 8 aromatic carbocycles. The maximum absolute atomic E-state index is 2.48. The van der Waals surface area contributed by atoms with Crippen molar-refractivity contribution in [1.82, 2.24) is 9.13 Å². The van der Waals surface area contributed by atoms with Crippen LogP contribution < -0.4 is 0 Å². The molecule has 10 aromatic rings. The molecule has 0 bridgehead atoms. The Balaban J connectivity index is 0.998. The van der Waals surface area contributed by atoms with Crippen LogP contribution in [0.4, 0.5) is 0 Å². The van der Waals surface area contributed by atoms with E-state index in [1.54, 1.807) is 0 Å². The van der Waals surface area contributed by atoms with Gasteiger partial charge in [0.15, 0.2) is 0 Å². The number of rotatable bonds is 8. The number of benzene rings is 8. The van der Waals surface area contributed by atoms with E-state index in [1.165, 1.54) is 111 Å². The third-order valence-electron chi connectivity index (χ3n) is 13.5. The molecule has 0 saturated heterocycles. The van der Waals surface area contributed by atoms with Gasteiger partial charge in [-0.1, -0.05) is 137 Å². The van der Waals surface area contributed by atoms with E-state index in [0.29, 0.717) is 11.8 Å². The Bertz CT molecular complexity index is 3040. The van der Waals surface area contributed by atoms with Crippen molar-refractivity contribution in [3.05, 3.63) is 192 Å². The summed E-state index contributed by atoms with van der Waals surface area (Å²) in [6, 6.07) is 64.1. The second-order valence-electron chi connectivity index (χ2n) is 16.8. The van der Waals surface area contributed by atoms with Gasteiger partial charge >= 0.3 is 0 Å². The second kappa shape index (κ2) is 14.0. The molecule has 0 spiro atoms. The Kier molecular flexibility index (Phi) is 8.44. The number of nitrogens with zero attached hydrogens (tertiary/aromatic N) is 2. The van der Waals surface area contributed by atoms with Gasteiger partial charge in [0.2, 0.25) is 0 Å². The first-order valence-electron chi connectivity index (χ1n) is 21.5. The molecule has 0 amide bonds. The highest BCUT2D eigenvalue weighted by Crippen LogP contribution is 2.44. The number of aromatic nitrogens is 2. The highest BCUT2D eigenvalue weighted by molar-refractivity contribution is 6.12. The molecule has 11 rings (SSSR count). The first kappa shape index (κ1) is 35.5. The Hall–Kier alpha value is -6.64. The fourth-order valence-electron chi connectivity index (χ4n) is 10.0. The van der Waals surface area contributed by atoms with Gasteiger partial charge in [-0.05, 0) is 147 Å². The van der Waals surface area contributed by atoms with Gasteiger partial charge in [0.05, 0.1) is 22.1 Å². The lowest BCUT2D eigenvalue weighted by Gasteiger charge is -2.17. The van der Waals surface area contributed by atoms with Crippen molar-refractivity contribution >= 4 is 43.6 Å². The molecule has 0 fully saturated rings. The van der Waals surface area contributed by atoms with E-state index in [-0.39, 0.29) is 0 Å². The first-order valence-corrected chi connectivity index (χ1v) is 21.5. The molecule has 1 aliphatic rings. The minimum atomic E-state index is 0.476. The summed E-state index contributed by atoms with van der Waals surface area (Å²) in [6.45, 7) is 9.24. The molecule has 2 heterocycles. The molecule has 2 nitrogen and oxygen atoms in total. The van der Waals surface area contributed by atoms with Crippen LogP contribution in [0.25, 0.3) is 88.4 Å². The van der Waals surface area contributed by atoms with Crippen molar-refractivity contribution in [2.24, 2.45) is 0 Å². The van der Waals surface area contributed by atoms with E-state index in [0.717, 1.165) is 19.3 Å². The smallest absolute Gasteiger partial charge is 0.0541 e. The summed E-state index contributed by atoms with van der Waals surface area (Å²) in [6.07, 6.45) is 3.18. The minimum Gasteiger partial charge on any atom is -0.309 e. The third-order valence-corrected chi connectivity index (χ3v) is 13.5. The van der Waals surface area contributed by atoms with Crippen LogP contribution in [0.3, 0.4) is 0 Å². The minimum absolute atomic E-state index is 0.476. The number of hydrogen-bond acceptors (Lipinski definition) is 0. The molecule has 2 atom stereocenters. The summed E-state index contributed by atoms with van der Waals surface area (Å²) >= 11 is 0. The monoisotopic (exact) mass is 760 g/mol. The van der Waals surface area contributed by atoms with Crippen LogP contribution in [0, 0.1) is 0 Å². The molecular formula is C57H48N2. The van der Waals surface area contributed by atoms with E-state index in [1.807, 2.05) is 0 Å². The lowest BCUT2D eigenvalue weighted by molar-refractivity contribution is 0.728. The Labute approximate surface area is 347 Å². The normalized spacial score (nSPS) is 13.4. The third kappa shape index (κ3) is 5.61. The van der Waals surface area contributed by atoms with E-state index in [2.05, 4.69) is 207 Å². The van der Waals surface area contributed by atoms with Crippen LogP contribution in [0.15, 0.2) is 170 Å². The van der Waals surface area contributed by atoms with Gasteiger partial charge in [0.1, 0.15) is 0 Å². The van der Waals surface area contributed by atoms with Crippen LogP contribution >= 0.6 is 0 Å². The van der Waals surface area contributed by atoms with Crippen LogP contribution in [-0.4, -0.2) is 9.13 Å². The summed E-state index contributed by atoms with van der Waals surface area (Å²) in [5.74, 6) is 0.951. The zero-order valence-corrected chi connectivity index (χ0v) is 34.3. The second-order valence-corrected chi connectivity index (χ2v) is 16.8. The highest BCUT2D eigenvalue weighted by atomic mass is 15.0. The summed E-state index contributed by atoms with van der Waals surface area (Å²) in [4.78, 5) is 0. The molecule has 59 heavy (non-hydrogen) atoms. The summed E-state index contributed by atoms with van der Waals surface area (Å²) in [5.41, 5.74) is 20.9. The molecule has 0 radical (unpaired) electrons. The van der Waals surface area contributed by atoms with Gasteiger partial charge in [0, 0.05) is 32.9 Å². The molecule has 1 aliphatic carbocycles. The van der Waals surface area contributed by atoms with Crippen molar-refractivity contribution in [2.75, 3.05) is 0 Å². The number of para-hydroxylation sites is 4. The summed E-state index contributed by atoms with van der Waals surface area (Å²) in [5, 5.41) is 5.17. The van der Waals surface area contributed by atoms with E-state index >= 15 is 0 Å². The quantitative estimate of drug-likeness (QED) is 0.146. The average Bonchev–Trinajstić information content (AvgIpc) is 3.95. The fourth-order valence-corrected chi connectivity index (χ4v) is 10.0. The summed E-state index contributed by atoms with van der Waals surface area (Å²) in [7, 11) is 0. The molecule has 286 valence electrons. The zero-order valence-electron chi connectivity index (χ0n) is 34.3. The van der Waals surface area contributed by atoms with Gasteiger partial charge in [-0.15, -0.1) is 0 Å². The molecule has 2 heteroatoms. The molecule has 0 N–H and O–H groups in total. The van der Waals surface area contributed by atoms with Crippen LogP contribution in [-0.2, 0) is 6.42 Å². The SMILES string of the molecule is CCC(C)c1ccccc1-n1c2ccccc2c2cc(-c3ccc4c(c3)-c3cc(-c5ccc6c(c5)c5ccccc5n6-c5ccccc5C(C)CC)ccc3C4)ccc21. The average molecular weight is 761 g/mol. The van der Waals surface area contributed by atoms with Crippen molar-refractivity contribution < 1.29 is 0 Å². The van der Waals surface area contributed by atoms with Gasteiger partial charge in [-0.25, -0.2) is 0 Å². The van der Waals surface area contributed by atoms with E-state index in [4.69, 9.17) is 0 Å². The molecule has 2 aromatic heterocycles. The molecule has 0 aliphatic heterocycles. The van der Waals surface area contributed by atoms with Gasteiger partial charge in [-0.3, -0.25) is 0 Å². The lowest BCUT2D eigenvalue weighted by atomic mass is 9.95. The van der Waals surface area contributed by atoms with Crippen molar-refractivity contribution in [1.29, 1.82) is 0 Å². The fraction of sp³-hybridized carbons (Fsp3) is 0.158. The zero-order chi connectivity index (χ0) is 39.8. The standard InChI is InChI=1S/C57H48N2/c1-5-36(3)44-15-7-11-19-52(44)58-54-21-13-9-17-46(54)50-34-40(27-29-56(50)58)38-23-25-42-31-43-26-24-39(33-49(43)48(42)32-38)41-28-30-57-51(35-41)47-18-10-14-22-55(47)59(57)53-20-12-8-16-45(53)37(4)6-2/h7-30,32-37H,5-6,31H2,1-4H3. The van der Waals surface area contributed by atoms with Crippen molar-refractivity contribution in [3.8, 4) is 44.8 Å². The van der Waals surface area contributed by atoms with Gasteiger partial charge < -0.3 is 9.13 Å². The topological polar surface area (TPSA) is 9.86 Å². The predicted molar refractivity (Wildman–Crippen MR) is 252 cm³/mol. The van der Waals surface area contributed by atoms with Gasteiger partial charge in [0.25, 0.3) is 0 Å². The predicted octanol–water partition coefficient (Wildman–Crippen LogP) is 15.8. The van der Waals surface area contributed by atoms with Crippen molar-refractivity contribution in [2.45, 2.75) is 58.8 Å². The molecule has 0 saturated carbocycles. The number of fused-ring (bicyclic) bond motifs is 9. The Morgan fingerprint density at radius 2 is 0.763 bits per heavy atom. The van der Waals surface area contributed by atoms with Gasteiger partial charge in [-0.2, -0.15) is 0 Å². The van der Waals surface area contributed by atoms with E-state index in [9.17, 15) is 0 Å². The maximum atomic E-state index is 2.48. The summed E-state index contributed by atoms with van der Waals surface area (Å²) < 4.78 is 4.97. The first-order chi connectivity index (χ1) is 29.0. The highest BCUT2D eigenvalue weighted by Gasteiger charge is 2.23. The maximum Gasteiger partial charge on any atom is 0.0541 e. The Morgan fingerprint density at radius 1 is 0.390 bits per heavy atom. The van der Waals surface area contributed by atoms with Crippen LogP contribution in [0.5, 0.6) is 0 Å². The molecule has 2 unspecified atom stereocenters. The largest absolute Gasteiger partial charge is 0.309 e. The number of hydrogen-bond donors (Lipinski definition) is 0. The van der Waals surface area contributed by atoms with Crippen LogP contribution in [0.2, 0.25) is 0 Å². The lowest BCUT2D eigenvalue weighted by Crippen LogP contribution is -2.02. The van der Waals surface area contributed by atoms with E-state index < -0.39 is 0 Å². The molecular weight excluding hydrogens is 713 g/mol. The Morgan fingerprint density at radius 3 is 1.22 bits per heavy atom. The van der Waals surface area contributed by atoms with Crippen molar-refractivity contribution in [3.63, 3.8) is 0 Å².